The Kier molecular flexibility index (Phi) is 7.95. The highest BCUT2D eigenvalue weighted by atomic mass is 35.5. The Bertz CT molecular complexity index is 1390. The number of nitrogens with zero attached hydrogens (tertiary/aromatic N) is 3. The predicted molar refractivity (Wildman–Crippen MR) is 141 cm³/mol. The van der Waals surface area contributed by atoms with Gasteiger partial charge in [-0.3, -0.25) is 9.59 Å². The third kappa shape index (κ3) is 5.78. The van der Waals surface area contributed by atoms with Gasteiger partial charge in [0.1, 0.15) is 0 Å². The maximum Gasteiger partial charge on any atom is 0.251 e. The van der Waals surface area contributed by atoms with Crippen LogP contribution in [0.5, 0.6) is 0 Å². The number of hydrogen-bond donors (Lipinski definition) is 2. The van der Waals surface area contributed by atoms with Crippen LogP contribution in [0, 0.1) is 0 Å². The van der Waals surface area contributed by atoms with Crippen molar-refractivity contribution in [3.05, 3.63) is 82.1 Å². The second-order valence-electron chi connectivity index (χ2n) is 7.77. The molecule has 1 atom stereocenters. The van der Waals surface area contributed by atoms with E-state index in [1.54, 1.807) is 12.1 Å². The SMILES string of the molecule is CCn1c(SCC(=O)Nc2cccc3ccccc23)nnc1[C@@H](C)NC(=O)c1ccc(Cl)c(Cl)c1. The fourth-order valence-corrected chi connectivity index (χ4v) is 4.76. The first kappa shape index (κ1) is 25.0. The van der Waals surface area contributed by atoms with Crippen molar-refractivity contribution < 1.29 is 9.59 Å². The molecule has 4 aromatic rings. The average Bonchev–Trinajstić information content (AvgIpc) is 3.27. The summed E-state index contributed by atoms with van der Waals surface area (Å²) < 4.78 is 1.88. The number of thioether (sulfide) groups is 1. The minimum Gasteiger partial charge on any atom is -0.342 e. The van der Waals surface area contributed by atoms with Gasteiger partial charge in [-0.1, -0.05) is 71.4 Å². The first-order chi connectivity index (χ1) is 16.9. The number of benzene rings is 3. The van der Waals surface area contributed by atoms with Gasteiger partial charge in [-0.25, -0.2) is 0 Å². The zero-order chi connectivity index (χ0) is 24.9. The van der Waals surface area contributed by atoms with Gasteiger partial charge in [-0.15, -0.1) is 10.2 Å². The molecule has 0 saturated heterocycles. The number of hydrogen-bond acceptors (Lipinski definition) is 5. The van der Waals surface area contributed by atoms with E-state index in [4.69, 9.17) is 23.2 Å². The summed E-state index contributed by atoms with van der Waals surface area (Å²) in [6.45, 7) is 4.37. The van der Waals surface area contributed by atoms with E-state index in [1.165, 1.54) is 17.8 Å². The Morgan fingerprint density at radius 2 is 1.80 bits per heavy atom. The molecule has 4 rings (SSSR count). The van der Waals surface area contributed by atoms with Crippen molar-refractivity contribution in [3.8, 4) is 0 Å². The fourth-order valence-electron chi connectivity index (χ4n) is 3.66. The normalized spacial score (nSPS) is 11.9. The van der Waals surface area contributed by atoms with Crippen molar-refractivity contribution in [3.63, 3.8) is 0 Å². The van der Waals surface area contributed by atoms with Gasteiger partial charge in [-0.2, -0.15) is 0 Å². The topological polar surface area (TPSA) is 88.9 Å². The van der Waals surface area contributed by atoms with E-state index in [1.807, 2.05) is 60.9 Å². The molecular formula is C25H23Cl2N5O2S. The van der Waals surface area contributed by atoms with Crippen molar-refractivity contribution in [1.29, 1.82) is 0 Å². The summed E-state index contributed by atoms with van der Waals surface area (Å²) in [5.74, 6) is 0.327. The number of anilines is 1. The smallest absolute Gasteiger partial charge is 0.251 e. The third-order valence-corrected chi connectivity index (χ3v) is 7.08. The Morgan fingerprint density at radius 1 is 1.03 bits per heavy atom. The molecule has 10 heteroatoms. The summed E-state index contributed by atoms with van der Waals surface area (Å²) >= 11 is 13.3. The number of carbonyl (C=O) groups is 2. The number of fused-ring (bicyclic) bond motifs is 1. The van der Waals surface area contributed by atoms with Crippen LogP contribution in [0.4, 0.5) is 5.69 Å². The van der Waals surface area contributed by atoms with E-state index in [2.05, 4.69) is 20.8 Å². The minimum atomic E-state index is -0.414. The Labute approximate surface area is 217 Å². The van der Waals surface area contributed by atoms with Crippen LogP contribution < -0.4 is 10.6 Å². The second kappa shape index (κ2) is 11.1. The largest absolute Gasteiger partial charge is 0.342 e. The van der Waals surface area contributed by atoms with Crippen molar-refractivity contribution in [2.24, 2.45) is 0 Å². The first-order valence-electron chi connectivity index (χ1n) is 11.0. The Morgan fingerprint density at radius 3 is 2.57 bits per heavy atom. The van der Waals surface area contributed by atoms with E-state index < -0.39 is 6.04 Å². The maximum atomic E-state index is 12.7. The maximum absolute atomic E-state index is 12.7. The quantitative estimate of drug-likeness (QED) is 0.275. The predicted octanol–water partition coefficient (Wildman–Crippen LogP) is 5.98. The molecular weight excluding hydrogens is 505 g/mol. The van der Waals surface area contributed by atoms with Crippen LogP contribution in [0.25, 0.3) is 10.8 Å². The van der Waals surface area contributed by atoms with E-state index in [-0.39, 0.29) is 17.6 Å². The molecule has 0 bridgehead atoms. The summed E-state index contributed by atoms with van der Waals surface area (Å²) in [6, 6.07) is 18.0. The summed E-state index contributed by atoms with van der Waals surface area (Å²) in [5, 5.41) is 17.7. The average molecular weight is 528 g/mol. The Hall–Kier alpha value is -3.07. The Balaban J connectivity index is 1.41. The van der Waals surface area contributed by atoms with Crippen LogP contribution >= 0.6 is 35.0 Å². The highest BCUT2D eigenvalue weighted by molar-refractivity contribution is 7.99. The molecule has 0 saturated carbocycles. The molecule has 35 heavy (non-hydrogen) atoms. The van der Waals surface area contributed by atoms with Gasteiger partial charge in [0.25, 0.3) is 5.91 Å². The summed E-state index contributed by atoms with van der Waals surface area (Å²) in [4.78, 5) is 25.3. The van der Waals surface area contributed by atoms with Gasteiger partial charge in [0, 0.05) is 23.2 Å². The zero-order valence-electron chi connectivity index (χ0n) is 19.1. The van der Waals surface area contributed by atoms with Crippen LogP contribution in [0.15, 0.2) is 65.8 Å². The second-order valence-corrected chi connectivity index (χ2v) is 9.53. The minimum absolute atomic E-state index is 0.139. The number of rotatable bonds is 8. The van der Waals surface area contributed by atoms with E-state index in [0.717, 1.165) is 16.5 Å². The molecule has 0 aliphatic carbocycles. The van der Waals surface area contributed by atoms with E-state index in [0.29, 0.717) is 33.1 Å². The molecule has 0 aliphatic heterocycles. The monoisotopic (exact) mass is 527 g/mol. The van der Waals surface area contributed by atoms with Crippen LogP contribution in [-0.4, -0.2) is 32.3 Å². The van der Waals surface area contributed by atoms with Gasteiger partial charge in [0.15, 0.2) is 11.0 Å². The molecule has 0 unspecified atom stereocenters. The standard InChI is InChI=1S/C25H23Cl2N5O2S/c1-3-32-23(15(2)28-24(34)17-11-12-19(26)20(27)13-17)30-31-25(32)35-14-22(33)29-21-10-6-8-16-7-4-5-9-18(16)21/h4-13,15H,3,14H2,1-2H3,(H,28,34)(H,29,33)/t15-/m1/s1. The first-order valence-corrected chi connectivity index (χ1v) is 12.7. The molecule has 0 spiro atoms. The van der Waals surface area contributed by atoms with Crippen molar-refractivity contribution in [1.82, 2.24) is 20.1 Å². The summed E-state index contributed by atoms with van der Waals surface area (Å²) in [6.07, 6.45) is 0. The lowest BCUT2D eigenvalue weighted by molar-refractivity contribution is -0.113. The molecule has 0 radical (unpaired) electrons. The van der Waals surface area contributed by atoms with Gasteiger partial charge in [-0.05, 0) is 43.5 Å². The highest BCUT2D eigenvalue weighted by Gasteiger charge is 2.20. The van der Waals surface area contributed by atoms with Crippen molar-refractivity contribution in [2.75, 3.05) is 11.1 Å². The van der Waals surface area contributed by atoms with Gasteiger partial charge < -0.3 is 15.2 Å². The summed E-state index contributed by atoms with van der Waals surface area (Å²) in [5.41, 5.74) is 1.17. The number of amides is 2. The zero-order valence-corrected chi connectivity index (χ0v) is 21.4. The lowest BCUT2D eigenvalue weighted by Crippen LogP contribution is -2.28. The highest BCUT2D eigenvalue weighted by Crippen LogP contribution is 2.26. The number of halogens is 2. The number of nitrogens with one attached hydrogen (secondary N) is 2. The molecule has 3 aromatic carbocycles. The molecule has 2 N–H and O–H groups in total. The third-order valence-electron chi connectivity index (χ3n) is 5.37. The van der Waals surface area contributed by atoms with Gasteiger partial charge in [0.05, 0.1) is 21.8 Å². The molecule has 180 valence electrons. The lowest BCUT2D eigenvalue weighted by Gasteiger charge is -2.15. The molecule has 1 heterocycles. The number of aromatic nitrogens is 3. The number of carbonyl (C=O) groups excluding carboxylic acids is 2. The molecule has 7 nitrogen and oxygen atoms in total. The molecule has 1 aromatic heterocycles. The van der Waals surface area contributed by atoms with Crippen LogP contribution in [0.3, 0.4) is 0 Å². The van der Waals surface area contributed by atoms with E-state index >= 15 is 0 Å². The van der Waals surface area contributed by atoms with Crippen LogP contribution in [0.1, 0.15) is 36.1 Å². The van der Waals surface area contributed by atoms with Gasteiger partial charge >= 0.3 is 0 Å². The van der Waals surface area contributed by atoms with Crippen LogP contribution in [0.2, 0.25) is 10.0 Å². The van der Waals surface area contributed by atoms with Crippen molar-refractivity contribution >= 4 is 63.2 Å². The van der Waals surface area contributed by atoms with Crippen LogP contribution in [-0.2, 0) is 11.3 Å². The molecule has 0 aliphatic rings. The van der Waals surface area contributed by atoms with E-state index in [9.17, 15) is 9.59 Å². The fraction of sp³-hybridized carbons (Fsp3) is 0.200. The molecule has 2 amide bonds. The van der Waals surface area contributed by atoms with Gasteiger partial charge in [0.2, 0.25) is 5.91 Å². The lowest BCUT2D eigenvalue weighted by atomic mass is 10.1. The molecule has 0 fully saturated rings. The summed E-state index contributed by atoms with van der Waals surface area (Å²) in [7, 11) is 0. The van der Waals surface area contributed by atoms with Crippen molar-refractivity contribution in [2.45, 2.75) is 31.6 Å².